The summed E-state index contributed by atoms with van der Waals surface area (Å²) in [7, 11) is 2.36. The van der Waals surface area contributed by atoms with Gasteiger partial charge in [0.25, 0.3) is 0 Å². The summed E-state index contributed by atoms with van der Waals surface area (Å²) in [5.41, 5.74) is 0. The summed E-state index contributed by atoms with van der Waals surface area (Å²) in [6, 6.07) is 1.56. The molecule has 0 saturated heterocycles. The van der Waals surface area contributed by atoms with Crippen LogP contribution in [-0.2, 0) is 0 Å². The van der Waals surface area contributed by atoms with Crippen LogP contribution in [0.1, 0.15) is 58.3 Å². The molecule has 2 rings (SSSR count). The molecule has 2 unspecified atom stereocenters. The SMILES string of the molecule is CCCNC1CCCCC1N(C)CC1CCC1. The third-order valence-corrected chi connectivity index (χ3v) is 4.72. The van der Waals surface area contributed by atoms with E-state index in [9.17, 15) is 0 Å². The predicted molar refractivity (Wildman–Crippen MR) is 74.3 cm³/mol. The van der Waals surface area contributed by atoms with Crippen molar-refractivity contribution in [1.82, 2.24) is 10.2 Å². The zero-order valence-corrected chi connectivity index (χ0v) is 11.8. The molecule has 0 amide bonds. The van der Waals surface area contributed by atoms with Crippen molar-refractivity contribution in [2.24, 2.45) is 5.92 Å². The van der Waals surface area contributed by atoms with Gasteiger partial charge in [-0.05, 0) is 51.6 Å². The Morgan fingerprint density at radius 1 is 1.06 bits per heavy atom. The van der Waals surface area contributed by atoms with Gasteiger partial charge in [0.2, 0.25) is 0 Å². The summed E-state index contributed by atoms with van der Waals surface area (Å²) < 4.78 is 0. The lowest BCUT2D eigenvalue weighted by atomic mass is 9.83. The topological polar surface area (TPSA) is 15.3 Å². The summed E-state index contributed by atoms with van der Waals surface area (Å²) in [5.74, 6) is 1.01. The first-order chi connectivity index (χ1) is 8.31. The van der Waals surface area contributed by atoms with Crippen molar-refractivity contribution in [3.63, 3.8) is 0 Å². The Bertz CT molecular complexity index is 213. The van der Waals surface area contributed by atoms with E-state index in [4.69, 9.17) is 0 Å². The average molecular weight is 238 g/mol. The Kier molecular flexibility index (Phi) is 5.30. The van der Waals surface area contributed by atoms with E-state index < -0.39 is 0 Å². The molecule has 100 valence electrons. The van der Waals surface area contributed by atoms with Crippen LogP contribution >= 0.6 is 0 Å². The van der Waals surface area contributed by atoms with Crippen LogP contribution in [0, 0.1) is 5.92 Å². The number of nitrogens with one attached hydrogen (secondary N) is 1. The lowest BCUT2D eigenvalue weighted by Crippen LogP contribution is -2.52. The van der Waals surface area contributed by atoms with Crippen LogP contribution in [0.15, 0.2) is 0 Å². The molecule has 0 aromatic heterocycles. The normalized spacial score (nSPS) is 30.5. The number of nitrogens with zero attached hydrogens (tertiary/aromatic N) is 1. The molecule has 2 heteroatoms. The molecule has 17 heavy (non-hydrogen) atoms. The van der Waals surface area contributed by atoms with Gasteiger partial charge < -0.3 is 10.2 Å². The second-order valence-corrected chi connectivity index (χ2v) is 6.15. The van der Waals surface area contributed by atoms with Crippen molar-refractivity contribution in [1.29, 1.82) is 0 Å². The van der Waals surface area contributed by atoms with Gasteiger partial charge in [-0.2, -0.15) is 0 Å². The second-order valence-electron chi connectivity index (χ2n) is 6.15. The van der Waals surface area contributed by atoms with Crippen molar-refractivity contribution in [3.05, 3.63) is 0 Å². The molecule has 2 saturated carbocycles. The highest BCUT2D eigenvalue weighted by molar-refractivity contribution is 4.88. The van der Waals surface area contributed by atoms with Crippen molar-refractivity contribution in [2.45, 2.75) is 70.4 Å². The van der Waals surface area contributed by atoms with Gasteiger partial charge in [0.05, 0.1) is 0 Å². The molecular formula is C15H30N2. The molecule has 0 heterocycles. The minimum absolute atomic E-state index is 0.758. The lowest BCUT2D eigenvalue weighted by Gasteiger charge is -2.41. The highest BCUT2D eigenvalue weighted by Crippen LogP contribution is 2.29. The zero-order chi connectivity index (χ0) is 12.1. The molecule has 2 aliphatic carbocycles. The van der Waals surface area contributed by atoms with Gasteiger partial charge in [0.15, 0.2) is 0 Å². The highest BCUT2D eigenvalue weighted by atomic mass is 15.2. The second kappa shape index (κ2) is 6.75. The van der Waals surface area contributed by atoms with Crippen LogP contribution in [0.25, 0.3) is 0 Å². The van der Waals surface area contributed by atoms with Crippen molar-refractivity contribution < 1.29 is 0 Å². The molecule has 2 aliphatic rings. The van der Waals surface area contributed by atoms with E-state index >= 15 is 0 Å². The number of hydrogen-bond donors (Lipinski definition) is 1. The van der Waals surface area contributed by atoms with Crippen LogP contribution in [0.2, 0.25) is 0 Å². The van der Waals surface area contributed by atoms with Gasteiger partial charge in [-0.15, -0.1) is 0 Å². The Morgan fingerprint density at radius 2 is 1.82 bits per heavy atom. The van der Waals surface area contributed by atoms with Gasteiger partial charge in [-0.3, -0.25) is 0 Å². The minimum Gasteiger partial charge on any atom is -0.312 e. The van der Waals surface area contributed by atoms with Crippen molar-refractivity contribution in [3.8, 4) is 0 Å². The Hall–Kier alpha value is -0.0800. The van der Waals surface area contributed by atoms with E-state index in [1.165, 1.54) is 64.5 Å². The summed E-state index contributed by atoms with van der Waals surface area (Å²) in [4.78, 5) is 2.66. The number of likely N-dealkylation sites (N-methyl/N-ethyl adjacent to an activating group) is 1. The molecule has 0 aromatic rings. The molecule has 2 nitrogen and oxygen atoms in total. The molecule has 0 aromatic carbocycles. The van der Waals surface area contributed by atoms with E-state index in [0.29, 0.717) is 0 Å². The van der Waals surface area contributed by atoms with E-state index in [-0.39, 0.29) is 0 Å². The smallest absolute Gasteiger partial charge is 0.0246 e. The minimum atomic E-state index is 0.758. The maximum atomic E-state index is 3.77. The standard InChI is InChI=1S/C15H30N2/c1-3-11-16-14-9-4-5-10-15(14)17(2)12-13-7-6-8-13/h13-16H,3-12H2,1-2H3. The molecule has 0 radical (unpaired) electrons. The van der Waals surface area contributed by atoms with E-state index in [1.807, 2.05) is 0 Å². The molecule has 0 bridgehead atoms. The molecule has 2 fully saturated rings. The van der Waals surface area contributed by atoms with Crippen LogP contribution in [0.4, 0.5) is 0 Å². The largest absolute Gasteiger partial charge is 0.312 e. The first kappa shape index (κ1) is 13.4. The summed E-state index contributed by atoms with van der Waals surface area (Å²) >= 11 is 0. The first-order valence-electron chi connectivity index (χ1n) is 7.75. The maximum absolute atomic E-state index is 3.77. The molecular weight excluding hydrogens is 208 g/mol. The van der Waals surface area contributed by atoms with Gasteiger partial charge in [-0.1, -0.05) is 26.2 Å². The third kappa shape index (κ3) is 3.69. The van der Waals surface area contributed by atoms with E-state index in [1.54, 1.807) is 0 Å². The van der Waals surface area contributed by atoms with Gasteiger partial charge >= 0.3 is 0 Å². The fourth-order valence-corrected chi connectivity index (χ4v) is 3.42. The van der Waals surface area contributed by atoms with Crippen LogP contribution in [0.3, 0.4) is 0 Å². The average Bonchev–Trinajstić information content (AvgIpc) is 2.31. The first-order valence-corrected chi connectivity index (χ1v) is 7.75. The Morgan fingerprint density at radius 3 is 2.47 bits per heavy atom. The maximum Gasteiger partial charge on any atom is 0.0246 e. The van der Waals surface area contributed by atoms with E-state index in [2.05, 4.69) is 24.2 Å². The Labute approximate surface area is 107 Å². The lowest BCUT2D eigenvalue weighted by molar-refractivity contribution is 0.110. The van der Waals surface area contributed by atoms with Gasteiger partial charge in [-0.25, -0.2) is 0 Å². The molecule has 0 spiro atoms. The highest BCUT2D eigenvalue weighted by Gasteiger charge is 2.30. The summed E-state index contributed by atoms with van der Waals surface area (Å²) in [5, 5.41) is 3.77. The van der Waals surface area contributed by atoms with Gasteiger partial charge in [0, 0.05) is 18.6 Å². The fraction of sp³-hybridized carbons (Fsp3) is 1.00. The molecule has 1 N–H and O–H groups in total. The van der Waals surface area contributed by atoms with Crippen LogP contribution in [-0.4, -0.2) is 37.1 Å². The number of hydrogen-bond acceptors (Lipinski definition) is 2. The summed E-state index contributed by atoms with van der Waals surface area (Å²) in [6.45, 7) is 4.80. The quantitative estimate of drug-likeness (QED) is 0.765. The molecule has 2 atom stereocenters. The fourth-order valence-electron chi connectivity index (χ4n) is 3.42. The Balaban J connectivity index is 1.80. The molecule has 0 aliphatic heterocycles. The zero-order valence-electron chi connectivity index (χ0n) is 11.8. The van der Waals surface area contributed by atoms with Crippen molar-refractivity contribution >= 4 is 0 Å². The number of rotatable bonds is 6. The van der Waals surface area contributed by atoms with Crippen molar-refractivity contribution in [2.75, 3.05) is 20.1 Å². The van der Waals surface area contributed by atoms with Crippen LogP contribution in [0.5, 0.6) is 0 Å². The summed E-state index contributed by atoms with van der Waals surface area (Å²) in [6.07, 6.45) is 11.3. The third-order valence-electron chi connectivity index (χ3n) is 4.72. The monoisotopic (exact) mass is 238 g/mol. The predicted octanol–water partition coefficient (Wildman–Crippen LogP) is 3.03. The van der Waals surface area contributed by atoms with E-state index in [0.717, 1.165) is 18.0 Å². The van der Waals surface area contributed by atoms with Gasteiger partial charge in [0.1, 0.15) is 0 Å². The van der Waals surface area contributed by atoms with Crippen LogP contribution < -0.4 is 5.32 Å².